The quantitative estimate of drug-likeness (QED) is 0.526. The normalized spacial score (nSPS) is 11.2. The van der Waals surface area contributed by atoms with E-state index in [2.05, 4.69) is 5.32 Å². The van der Waals surface area contributed by atoms with E-state index >= 15 is 0 Å². The molecule has 1 N–H and O–H groups in total. The van der Waals surface area contributed by atoms with Gasteiger partial charge in [-0.05, 0) is 67.9 Å². The number of sulfonamides is 1. The molecule has 3 aromatic carbocycles. The molecular formula is C24H25FN2O4S. The lowest BCUT2D eigenvalue weighted by molar-refractivity contribution is -0.119. The number of nitrogens with one attached hydrogen (secondary N) is 1. The van der Waals surface area contributed by atoms with Gasteiger partial charge in [-0.25, -0.2) is 12.8 Å². The topological polar surface area (TPSA) is 75.7 Å². The van der Waals surface area contributed by atoms with Crippen molar-refractivity contribution < 1.29 is 22.3 Å². The maximum Gasteiger partial charge on any atom is 0.264 e. The monoisotopic (exact) mass is 456 g/mol. The molecule has 0 saturated carbocycles. The van der Waals surface area contributed by atoms with Crippen molar-refractivity contribution in [3.63, 3.8) is 0 Å². The van der Waals surface area contributed by atoms with E-state index in [0.29, 0.717) is 11.4 Å². The fourth-order valence-corrected chi connectivity index (χ4v) is 4.45. The van der Waals surface area contributed by atoms with Gasteiger partial charge in [0.15, 0.2) is 0 Å². The van der Waals surface area contributed by atoms with Crippen molar-refractivity contribution in [1.82, 2.24) is 5.32 Å². The molecule has 0 aliphatic carbocycles. The van der Waals surface area contributed by atoms with E-state index < -0.39 is 28.3 Å². The number of ether oxygens (including phenoxy) is 1. The number of para-hydroxylation sites is 1. The number of anilines is 1. The number of nitrogens with zero attached hydrogens (tertiary/aromatic N) is 1. The lowest BCUT2D eigenvalue weighted by Gasteiger charge is -2.24. The van der Waals surface area contributed by atoms with Gasteiger partial charge in [-0.15, -0.1) is 0 Å². The Morgan fingerprint density at radius 3 is 2.34 bits per heavy atom. The van der Waals surface area contributed by atoms with E-state index in [1.165, 1.54) is 12.1 Å². The molecule has 0 aromatic heterocycles. The van der Waals surface area contributed by atoms with Crippen LogP contribution in [0, 0.1) is 5.82 Å². The van der Waals surface area contributed by atoms with Crippen LogP contribution in [0.5, 0.6) is 5.75 Å². The molecule has 0 saturated heterocycles. The first-order valence-electron chi connectivity index (χ1n) is 10.1. The summed E-state index contributed by atoms with van der Waals surface area (Å²) in [5, 5.41) is 2.75. The second kappa shape index (κ2) is 10.3. The third-order valence-corrected chi connectivity index (χ3v) is 6.28. The van der Waals surface area contributed by atoms with Crippen LogP contribution in [0.15, 0.2) is 83.8 Å². The zero-order valence-corrected chi connectivity index (χ0v) is 18.7. The fourth-order valence-electron chi connectivity index (χ4n) is 3.03. The largest absolute Gasteiger partial charge is 0.491 e. The van der Waals surface area contributed by atoms with Crippen LogP contribution >= 0.6 is 0 Å². The maximum absolute atomic E-state index is 13.3. The molecule has 0 aliphatic rings. The third-order valence-electron chi connectivity index (χ3n) is 4.49. The lowest BCUT2D eigenvalue weighted by Crippen LogP contribution is -2.40. The Kier molecular flexibility index (Phi) is 7.48. The Hall–Kier alpha value is -3.39. The molecule has 3 rings (SSSR count). The number of halogens is 1. The molecule has 0 radical (unpaired) electrons. The number of carbonyl (C=O) groups excluding carboxylic acids is 1. The second-order valence-electron chi connectivity index (χ2n) is 7.39. The first-order chi connectivity index (χ1) is 15.3. The Labute approximate surface area is 187 Å². The predicted octanol–water partition coefficient (Wildman–Crippen LogP) is 4.12. The Balaban J connectivity index is 1.77. The third kappa shape index (κ3) is 6.07. The van der Waals surface area contributed by atoms with Crippen LogP contribution in [-0.2, 0) is 21.4 Å². The van der Waals surface area contributed by atoms with E-state index in [9.17, 15) is 17.6 Å². The van der Waals surface area contributed by atoms with Crippen LogP contribution in [0.1, 0.15) is 19.4 Å². The highest BCUT2D eigenvalue weighted by molar-refractivity contribution is 7.92. The Bertz CT molecular complexity index is 1150. The summed E-state index contributed by atoms with van der Waals surface area (Å²) >= 11 is 0. The number of amides is 1. The molecule has 168 valence electrons. The average molecular weight is 457 g/mol. The minimum absolute atomic E-state index is 0.0240. The molecule has 0 unspecified atom stereocenters. The highest BCUT2D eigenvalue weighted by Gasteiger charge is 2.27. The van der Waals surface area contributed by atoms with Gasteiger partial charge in [-0.2, -0.15) is 0 Å². The lowest BCUT2D eigenvalue weighted by atomic mass is 10.2. The van der Waals surface area contributed by atoms with E-state index in [-0.39, 0.29) is 17.5 Å². The van der Waals surface area contributed by atoms with Crippen molar-refractivity contribution in [3.05, 3.63) is 90.2 Å². The van der Waals surface area contributed by atoms with E-state index in [4.69, 9.17) is 4.74 Å². The summed E-state index contributed by atoms with van der Waals surface area (Å²) in [4.78, 5) is 12.6. The summed E-state index contributed by atoms with van der Waals surface area (Å²) in [5.41, 5.74) is 1.16. The minimum Gasteiger partial charge on any atom is -0.491 e. The minimum atomic E-state index is -4.08. The molecule has 32 heavy (non-hydrogen) atoms. The van der Waals surface area contributed by atoms with Crippen LogP contribution < -0.4 is 14.4 Å². The number of hydrogen-bond acceptors (Lipinski definition) is 4. The van der Waals surface area contributed by atoms with Gasteiger partial charge in [0.25, 0.3) is 10.0 Å². The van der Waals surface area contributed by atoms with Gasteiger partial charge in [0.05, 0.1) is 16.7 Å². The standard InChI is InChI=1S/C24H25FN2O4S/c1-18(2)31-22-10-6-7-19(15-22)16-26-24(28)17-27(21-8-4-3-5-9-21)32(29,30)23-13-11-20(25)12-14-23/h3-15,18H,16-17H2,1-2H3,(H,26,28). The molecule has 8 heteroatoms. The molecule has 6 nitrogen and oxygen atoms in total. The maximum atomic E-state index is 13.3. The van der Waals surface area contributed by atoms with Crippen LogP contribution in [0.25, 0.3) is 0 Å². The highest BCUT2D eigenvalue weighted by Crippen LogP contribution is 2.23. The zero-order valence-electron chi connectivity index (χ0n) is 17.9. The molecule has 0 spiro atoms. The van der Waals surface area contributed by atoms with Gasteiger partial charge in [-0.3, -0.25) is 9.10 Å². The number of hydrogen-bond donors (Lipinski definition) is 1. The predicted molar refractivity (Wildman–Crippen MR) is 121 cm³/mol. The molecule has 0 aliphatic heterocycles. The molecule has 1 amide bonds. The van der Waals surface area contributed by atoms with Gasteiger partial charge >= 0.3 is 0 Å². The smallest absolute Gasteiger partial charge is 0.264 e. The van der Waals surface area contributed by atoms with Crippen molar-refractivity contribution in [2.24, 2.45) is 0 Å². The molecule has 0 atom stereocenters. The Morgan fingerprint density at radius 1 is 1.00 bits per heavy atom. The van der Waals surface area contributed by atoms with Gasteiger partial charge in [0.1, 0.15) is 18.1 Å². The summed E-state index contributed by atoms with van der Waals surface area (Å²) in [6.07, 6.45) is 0.0240. The highest BCUT2D eigenvalue weighted by atomic mass is 32.2. The number of carbonyl (C=O) groups is 1. The molecule has 0 fully saturated rings. The summed E-state index contributed by atoms with van der Waals surface area (Å²) in [6, 6.07) is 20.1. The summed E-state index contributed by atoms with van der Waals surface area (Å²) in [7, 11) is -4.08. The average Bonchev–Trinajstić information content (AvgIpc) is 2.76. The van der Waals surface area contributed by atoms with E-state index in [1.807, 2.05) is 38.1 Å². The second-order valence-corrected chi connectivity index (χ2v) is 9.25. The van der Waals surface area contributed by atoms with Crippen LogP contribution in [0.4, 0.5) is 10.1 Å². The number of benzene rings is 3. The van der Waals surface area contributed by atoms with Gasteiger partial charge in [-0.1, -0.05) is 30.3 Å². The molecule has 0 heterocycles. The SMILES string of the molecule is CC(C)Oc1cccc(CNC(=O)CN(c2ccccc2)S(=O)(=O)c2ccc(F)cc2)c1. The van der Waals surface area contributed by atoms with Crippen LogP contribution in [0.3, 0.4) is 0 Å². The van der Waals surface area contributed by atoms with Crippen LogP contribution in [-0.4, -0.2) is 27.0 Å². The van der Waals surface area contributed by atoms with Crippen molar-refractivity contribution in [3.8, 4) is 5.75 Å². The van der Waals surface area contributed by atoms with Crippen molar-refractivity contribution in [2.45, 2.75) is 31.4 Å². The van der Waals surface area contributed by atoms with Crippen LogP contribution in [0.2, 0.25) is 0 Å². The number of rotatable bonds is 9. The van der Waals surface area contributed by atoms with E-state index in [0.717, 1.165) is 22.0 Å². The Morgan fingerprint density at radius 2 is 1.69 bits per heavy atom. The van der Waals surface area contributed by atoms with Crippen molar-refractivity contribution >= 4 is 21.6 Å². The van der Waals surface area contributed by atoms with Gasteiger partial charge in [0, 0.05) is 6.54 Å². The first-order valence-corrected chi connectivity index (χ1v) is 11.6. The summed E-state index contributed by atoms with van der Waals surface area (Å²) in [6.45, 7) is 3.64. The van der Waals surface area contributed by atoms with Crippen molar-refractivity contribution in [1.29, 1.82) is 0 Å². The zero-order chi connectivity index (χ0) is 23.1. The van der Waals surface area contributed by atoms with E-state index in [1.54, 1.807) is 30.3 Å². The summed E-state index contributed by atoms with van der Waals surface area (Å²) < 4.78 is 46.4. The first kappa shape index (κ1) is 23.3. The summed E-state index contributed by atoms with van der Waals surface area (Å²) in [5.74, 6) is -0.331. The van der Waals surface area contributed by atoms with Crippen molar-refractivity contribution in [2.75, 3.05) is 10.8 Å². The fraction of sp³-hybridized carbons (Fsp3) is 0.208. The molecule has 0 bridgehead atoms. The van der Waals surface area contributed by atoms with Gasteiger partial charge < -0.3 is 10.1 Å². The molecule has 3 aromatic rings. The van der Waals surface area contributed by atoms with Gasteiger partial charge in [0.2, 0.25) is 5.91 Å². The molecular weight excluding hydrogens is 431 g/mol.